The molecule has 1 aliphatic heterocycles. The van der Waals surface area contributed by atoms with Gasteiger partial charge >= 0.3 is 0 Å². The normalized spacial score (nSPS) is 16.5. The van der Waals surface area contributed by atoms with Crippen LogP contribution in [0.15, 0.2) is 48.8 Å². The van der Waals surface area contributed by atoms with Crippen LogP contribution in [0.3, 0.4) is 0 Å². The number of piperazine rings is 1. The van der Waals surface area contributed by atoms with Gasteiger partial charge in [0, 0.05) is 50.8 Å². The van der Waals surface area contributed by atoms with Crippen LogP contribution in [0.25, 0.3) is 0 Å². The maximum Gasteiger partial charge on any atom is 0.237 e. The number of aromatic nitrogens is 1. The molecule has 1 N–H and O–H groups in total. The fourth-order valence-electron chi connectivity index (χ4n) is 3.02. The van der Waals surface area contributed by atoms with Crippen molar-refractivity contribution in [2.24, 2.45) is 0 Å². The van der Waals surface area contributed by atoms with Crippen molar-refractivity contribution < 1.29 is 9.18 Å². The number of carbonyl (C=O) groups excluding carboxylic acids is 1. The summed E-state index contributed by atoms with van der Waals surface area (Å²) in [5.41, 5.74) is 2.06. The molecule has 1 fully saturated rings. The van der Waals surface area contributed by atoms with Gasteiger partial charge in [-0.05, 0) is 48.9 Å². The van der Waals surface area contributed by atoms with E-state index in [9.17, 15) is 9.18 Å². The van der Waals surface area contributed by atoms with Gasteiger partial charge < -0.3 is 10.2 Å². The van der Waals surface area contributed by atoms with Gasteiger partial charge in [0.25, 0.3) is 0 Å². The number of nitrogens with one attached hydrogen (secondary N) is 1. The molecule has 0 bridgehead atoms. The van der Waals surface area contributed by atoms with Crippen LogP contribution < -0.4 is 10.2 Å². The van der Waals surface area contributed by atoms with Gasteiger partial charge in [-0.25, -0.2) is 4.39 Å². The molecule has 5 nitrogen and oxygen atoms in total. The summed E-state index contributed by atoms with van der Waals surface area (Å²) in [4.78, 5) is 20.8. The van der Waals surface area contributed by atoms with Crippen molar-refractivity contribution in [1.29, 1.82) is 0 Å². The van der Waals surface area contributed by atoms with Gasteiger partial charge in [-0.1, -0.05) is 0 Å². The van der Waals surface area contributed by atoms with Crippen LogP contribution in [0.1, 0.15) is 12.5 Å². The first-order chi connectivity index (χ1) is 12.1. The molecule has 0 saturated carbocycles. The number of benzene rings is 1. The van der Waals surface area contributed by atoms with Crippen LogP contribution in [0.4, 0.5) is 10.1 Å². The number of amides is 1. The maximum absolute atomic E-state index is 13.0. The predicted octanol–water partition coefficient (Wildman–Crippen LogP) is 2.05. The van der Waals surface area contributed by atoms with E-state index in [1.807, 2.05) is 19.1 Å². The number of anilines is 1. The lowest BCUT2D eigenvalue weighted by Crippen LogP contribution is -2.53. The zero-order chi connectivity index (χ0) is 17.6. The topological polar surface area (TPSA) is 48.5 Å². The van der Waals surface area contributed by atoms with E-state index >= 15 is 0 Å². The molecule has 1 unspecified atom stereocenters. The highest BCUT2D eigenvalue weighted by Crippen LogP contribution is 2.17. The average Bonchev–Trinajstić information content (AvgIpc) is 2.67. The summed E-state index contributed by atoms with van der Waals surface area (Å²) in [5, 5.41) is 2.98. The van der Waals surface area contributed by atoms with E-state index in [0.717, 1.165) is 37.4 Å². The lowest BCUT2D eigenvalue weighted by molar-refractivity contribution is -0.126. The summed E-state index contributed by atoms with van der Waals surface area (Å²) in [5.74, 6) is -0.186. The van der Waals surface area contributed by atoms with Gasteiger partial charge in [0.1, 0.15) is 5.82 Å². The fourth-order valence-corrected chi connectivity index (χ4v) is 3.02. The molecule has 1 amide bonds. The summed E-state index contributed by atoms with van der Waals surface area (Å²) in [6, 6.07) is 10.2. The monoisotopic (exact) mass is 342 g/mol. The molecule has 6 heteroatoms. The van der Waals surface area contributed by atoms with Crippen LogP contribution in [0, 0.1) is 5.82 Å². The standard InChI is InChI=1S/C19H23FN4O/c1-15(19(25)22-14-16-6-8-21-9-7-16)23-10-12-24(13-11-23)18-4-2-17(20)3-5-18/h2-9,15H,10-14H2,1H3,(H,22,25). The van der Waals surface area contributed by atoms with Gasteiger partial charge in [-0.15, -0.1) is 0 Å². The first-order valence-electron chi connectivity index (χ1n) is 8.54. The molecule has 1 aromatic carbocycles. The van der Waals surface area contributed by atoms with Crippen LogP contribution >= 0.6 is 0 Å². The van der Waals surface area contributed by atoms with E-state index in [1.54, 1.807) is 24.5 Å². The van der Waals surface area contributed by atoms with E-state index in [0.29, 0.717) is 6.54 Å². The van der Waals surface area contributed by atoms with Crippen molar-refractivity contribution >= 4 is 11.6 Å². The zero-order valence-corrected chi connectivity index (χ0v) is 14.4. The third kappa shape index (κ3) is 4.54. The lowest BCUT2D eigenvalue weighted by atomic mass is 10.2. The van der Waals surface area contributed by atoms with Gasteiger partial charge in [-0.2, -0.15) is 0 Å². The van der Waals surface area contributed by atoms with Crippen LogP contribution in [-0.2, 0) is 11.3 Å². The smallest absolute Gasteiger partial charge is 0.237 e. The predicted molar refractivity (Wildman–Crippen MR) is 95.7 cm³/mol. The molecule has 0 spiro atoms. The Kier molecular flexibility index (Phi) is 5.60. The summed E-state index contributed by atoms with van der Waals surface area (Å²) in [6.45, 7) is 5.72. The minimum atomic E-state index is -0.220. The molecule has 1 aromatic heterocycles. The third-order valence-electron chi connectivity index (χ3n) is 4.65. The molecule has 25 heavy (non-hydrogen) atoms. The van der Waals surface area contributed by atoms with Gasteiger partial charge in [0.15, 0.2) is 0 Å². The Morgan fingerprint density at radius 3 is 2.40 bits per heavy atom. The molecular formula is C19H23FN4O. The van der Waals surface area contributed by atoms with Crippen molar-refractivity contribution in [3.63, 3.8) is 0 Å². The second-order valence-electron chi connectivity index (χ2n) is 6.25. The number of halogens is 1. The van der Waals surface area contributed by atoms with Crippen molar-refractivity contribution in [2.45, 2.75) is 19.5 Å². The number of carbonyl (C=O) groups is 1. The Bertz CT molecular complexity index is 684. The Balaban J connectivity index is 1.48. The van der Waals surface area contributed by atoms with E-state index in [-0.39, 0.29) is 17.8 Å². The Hall–Kier alpha value is -2.47. The number of hydrogen-bond acceptors (Lipinski definition) is 4. The molecule has 1 saturated heterocycles. The molecule has 2 aromatic rings. The van der Waals surface area contributed by atoms with Crippen molar-refractivity contribution in [3.05, 3.63) is 60.2 Å². The SMILES string of the molecule is CC(C(=O)NCc1ccncc1)N1CCN(c2ccc(F)cc2)CC1. The van der Waals surface area contributed by atoms with Crippen molar-refractivity contribution in [3.8, 4) is 0 Å². The zero-order valence-electron chi connectivity index (χ0n) is 14.4. The minimum Gasteiger partial charge on any atom is -0.369 e. The van der Waals surface area contributed by atoms with Gasteiger partial charge in [0.05, 0.1) is 6.04 Å². The highest BCUT2D eigenvalue weighted by molar-refractivity contribution is 5.81. The van der Waals surface area contributed by atoms with Crippen molar-refractivity contribution in [2.75, 3.05) is 31.1 Å². The molecule has 0 radical (unpaired) electrons. The first-order valence-corrected chi connectivity index (χ1v) is 8.54. The second-order valence-corrected chi connectivity index (χ2v) is 6.25. The summed E-state index contributed by atoms with van der Waals surface area (Å²) in [6.07, 6.45) is 3.44. The fraction of sp³-hybridized carbons (Fsp3) is 0.368. The summed E-state index contributed by atoms with van der Waals surface area (Å²) < 4.78 is 13.0. The van der Waals surface area contributed by atoms with E-state index in [1.165, 1.54) is 12.1 Å². The second kappa shape index (κ2) is 8.07. The molecule has 3 rings (SSSR count). The first kappa shape index (κ1) is 17.4. The van der Waals surface area contributed by atoms with E-state index in [2.05, 4.69) is 20.1 Å². The van der Waals surface area contributed by atoms with E-state index < -0.39 is 0 Å². The molecule has 1 aliphatic rings. The Morgan fingerprint density at radius 1 is 1.12 bits per heavy atom. The molecule has 132 valence electrons. The number of pyridine rings is 1. The molecule has 2 heterocycles. The molecule has 0 aliphatic carbocycles. The van der Waals surface area contributed by atoms with E-state index in [4.69, 9.17) is 0 Å². The Labute approximate surface area is 147 Å². The molecule has 1 atom stereocenters. The number of hydrogen-bond donors (Lipinski definition) is 1. The van der Waals surface area contributed by atoms with Gasteiger partial charge in [0.2, 0.25) is 5.91 Å². The van der Waals surface area contributed by atoms with Crippen LogP contribution in [-0.4, -0.2) is 48.0 Å². The maximum atomic E-state index is 13.0. The molecular weight excluding hydrogens is 319 g/mol. The van der Waals surface area contributed by atoms with Crippen molar-refractivity contribution in [1.82, 2.24) is 15.2 Å². The largest absolute Gasteiger partial charge is 0.369 e. The lowest BCUT2D eigenvalue weighted by Gasteiger charge is -2.38. The highest BCUT2D eigenvalue weighted by atomic mass is 19.1. The average molecular weight is 342 g/mol. The number of rotatable bonds is 5. The highest BCUT2D eigenvalue weighted by Gasteiger charge is 2.25. The quantitative estimate of drug-likeness (QED) is 0.903. The number of nitrogens with zero attached hydrogens (tertiary/aromatic N) is 3. The van der Waals surface area contributed by atoms with Gasteiger partial charge in [-0.3, -0.25) is 14.7 Å². The van der Waals surface area contributed by atoms with Crippen LogP contribution in [0.2, 0.25) is 0 Å². The minimum absolute atomic E-state index is 0.0343. The third-order valence-corrected chi connectivity index (χ3v) is 4.65. The van der Waals surface area contributed by atoms with Crippen LogP contribution in [0.5, 0.6) is 0 Å². The summed E-state index contributed by atoms with van der Waals surface area (Å²) in [7, 11) is 0. The summed E-state index contributed by atoms with van der Waals surface area (Å²) >= 11 is 0. The Morgan fingerprint density at radius 2 is 1.76 bits per heavy atom.